The molecule has 2 N–H and O–H groups in total. The molecule has 1 fully saturated rings. The average molecular weight is 235 g/mol. The van der Waals surface area contributed by atoms with Gasteiger partial charge in [0, 0.05) is 25.3 Å². The van der Waals surface area contributed by atoms with Gasteiger partial charge in [-0.25, -0.2) is 9.78 Å². The van der Waals surface area contributed by atoms with Crippen molar-refractivity contribution in [3.05, 3.63) is 23.9 Å². The summed E-state index contributed by atoms with van der Waals surface area (Å²) in [7, 11) is 1.37. The Labute approximate surface area is 101 Å². The zero-order valence-electron chi connectivity index (χ0n) is 10.1. The molecule has 2 atom stereocenters. The Morgan fingerprint density at radius 1 is 1.59 bits per heavy atom. The van der Waals surface area contributed by atoms with Crippen LogP contribution in [-0.4, -0.2) is 37.2 Å². The second kappa shape index (κ2) is 4.71. The van der Waals surface area contributed by atoms with E-state index in [9.17, 15) is 4.79 Å². The standard InChI is InChI=1S/C12H17N3O2/c1-8-6-15(7-10(8)13)11-5-9(3-4-14-11)12(16)17-2/h3-5,8,10H,6-7,13H2,1-2H3. The molecular weight excluding hydrogens is 218 g/mol. The van der Waals surface area contributed by atoms with Crippen molar-refractivity contribution in [3.63, 3.8) is 0 Å². The fraction of sp³-hybridized carbons (Fsp3) is 0.500. The van der Waals surface area contributed by atoms with Crippen molar-refractivity contribution in [2.45, 2.75) is 13.0 Å². The van der Waals surface area contributed by atoms with E-state index in [4.69, 9.17) is 5.73 Å². The van der Waals surface area contributed by atoms with E-state index in [2.05, 4.69) is 21.5 Å². The first-order valence-electron chi connectivity index (χ1n) is 5.66. The number of methoxy groups -OCH3 is 1. The molecule has 5 heteroatoms. The third kappa shape index (κ3) is 2.39. The van der Waals surface area contributed by atoms with Crippen molar-refractivity contribution in [1.82, 2.24) is 4.98 Å². The molecule has 0 amide bonds. The Hall–Kier alpha value is -1.62. The summed E-state index contributed by atoms with van der Waals surface area (Å²) >= 11 is 0. The number of rotatable bonds is 2. The van der Waals surface area contributed by atoms with Crippen LogP contribution in [0.25, 0.3) is 0 Å². The maximum Gasteiger partial charge on any atom is 0.338 e. The average Bonchev–Trinajstić information content (AvgIpc) is 2.69. The number of esters is 1. The number of ether oxygens (including phenoxy) is 1. The van der Waals surface area contributed by atoms with Crippen LogP contribution in [0.15, 0.2) is 18.3 Å². The minimum absolute atomic E-state index is 0.165. The van der Waals surface area contributed by atoms with E-state index in [0.717, 1.165) is 18.9 Å². The van der Waals surface area contributed by atoms with E-state index in [1.54, 1.807) is 18.3 Å². The third-order valence-electron chi connectivity index (χ3n) is 3.16. The minimum Gasteiger partial charge on any atom is -0.465 e. The molecule has 0 bridgehead atoms. The number of carbonyl (C=O) groups is 1. The minimum atomic E-state index is -0.342. The fourth-order valence-electron chi connectivity index (χ4n) is 2.02. The summed E-state index contributed by atoms with van der Waals surface area (Å²) in [4.78, 5) is 17.8. The largest absolute Gasteiger partial charge is 0.465 e. The van der Waals surface area contributed by atoms with Gasteiger partial charge in [-0.2, -0.15) is 0 Å². The molecular formula is C12H17N3O2. The van der Waals surface area contributed by atoms with Gasteiger partial charge in [0.1, 0.15) is 5.82 Å². The van der Waals surface area contributed by atoms with Gasteiger partial charge >= 0.3 is 5.97 Å². The summed E-state index contributed by atoms with van der Waals surface area (Å²) in [6, 6.07) is 3.56. The lowest BCUT2D eigenvalue weighted by Gasteiger charge is -2.17. The molecule has 1 aromatic rings. The van der Waals surface area contributed by atoms with Gasteiger partial charge < -0.3 is 15.4 Å². The molecule has 2 heterocycles. The fourth-order valence-corrected chi connectivity index (χ4v) is 2.02. The number of hydrogen-bond acceptors (Lipinski definition) is 5. The highest BCUT2D eigenvalue weighted by atomic mass is 16.5. The van der Waals surface area contributed by atoms with Crippen molar-refractivity contribution >= 4 is 11.8 Å². The summed E-state index contributed by atoms with van der Waals surface area (Å²) in [6.07, 6.45) is 1.62. The second-order valence-electron chi connectivity index (χ2n) is 4.44. The number of carbonyl (C=O) groups excluding carboxylic acids is 1. The van der Waals surface area contributed by atoms with Gasteiger partial charge in [0.15, 0.2) is 0 Å². The normalized spacial score (nSPS) is 23.8. The van der Waals surface area contributed by atoms with Crippen LogP contribution in [0.2, 0.25) is 0 Å². The second-order valence-corrected chi connectivity index (χ2v) is 4.44. The van der Waals surface area contributed by atoms with E-state index in [1.165, 1.54) is 7.11 Å². The van der Waals surface area contributed by atoms with Crippen LogP contribution >= 0.6 is 0 Å². The van der Waals surface area contributed by atoms with Crippen LogP contribution in [0.5, 0.6) is 0 Å². The maximum absolute atomic E-state index is 11.4. The summed E-state index contributed by atoms with van der Waals surface area (Å²) in [5.41, 5.74) is 6.49. The Morgan fingerprint density at radius 3 is 2.94 bits per heavy atom. The van der Waals surface area contributed by atoms with Crippen LogP contribution in [0.3, 0.4) is 0 Å². The topological polar surface area (TPSA) is 68.5 Å². The summed E-state index contributed by atoms with van der Waals surface area (Å²) in [5, 5.41) is 0. The lowest BCUT2D eigenvalue weighted by molar-refractivity contribution is 0.0600. The number of hydrogen-bond donors (Lipinski definition) is 1. The molecule has 0 spiro atoms. The van der Waals surface area contributed by atoms with Crippen LogP contribution in [0.4, 0.5) is 5.82 Å². The summed E-state index contributed by atoms with van der Waals surface area (Å²) in [5.74, 6) is 0.886. The lowest BCUT2D eigenvalue weighted by Crippen LogP contribution is -2.28. The van der Waals surface area contributed by atoms with Gasteiger partial charge in [0.05, 0.1) is 12.7 Å². The van der Waals surface area contributed by atoms with Crippen molar-refractivity contribution in [2.75, 3.05) is 25.1 Å². The van der Waals surface area contributed by atoms with E-state index in [-0.39, 0.29) is 12.0 Å². The number of aromatic nitrogens is 1. The van der Waals surface area contributed by atoms with Crippen molar-refractivity contribution in [3.8, 4) is 0 Å². The molecule has 0 aromatic carbocycles. The zero-order chi connectivity index (χ0) is 12.4. The van der Waals surface area contributed by atoms with Crippen molar-refractivity contribution in [1.29, 1.82) is 0 Å². The number of nitrogens with zero attached hydrogens (tertiary/aromatic N) is 2. The molecule has 0 aliphatic carbocycles. The molecule has 92 valence electrons. The first-order valence-corrected chi connectivity index (χ1v) is 5.66. The summed E-state index contributed by atoms with van der Waals surface area (Å²) in [6.45, 7) is 3.77. The zero-order valence-corrected chi connectivity index (χ0v) is 10.1. The van der Waals surface area contributed by atoms with Crippen LogP contribution < -0.4 is 10.6 Å². The van der Waals surface area contributed by atoms with Crippen LogP contribution in [-0.2, 0) is 4.74 Å². The third-order valence-corrected chi connectivity index (χ3v) is 3.16. The van der Waals surface area contributed by atoms with Gasteiger partial charge in [0.25, 0.3) is 0 Å². The molecule has 1 aromatic heterocycles. The van der Waals surface area contributed by atoms with Gasteiger partial charge in [-0.05, 0) is 18.1 Å². The molecule has 2 unspecified atom stereocenters. The number of nitrogens with two attached hydrogens (primary N) is 1. The van der Waals surface area contributed by atoms with E-state index < -0.39 is 0 Å². The van der Waals surface area contributed by atoms with Crippen LogP contribution in [0.1, 0.15) is 17.3 Å². The first kappa shape index (κ1) is 11.9. The molecule has 1 aliphatic heterocycles. The predicted octanol–water partition coefficient (Wildman–Crippen LogP) is 0.652. The van der Waals surface area contributed by atoms with Gasteiger partial charge in [-0.1, -0.05) is 6.92 Å². The monoisotopic (exact) mass is 235 g/mol. The van der Waals surface area contributed by atoms with E-state index in [1.807, 2.05) is 0 Å². The first-order chi connectivity index (χ1) is 8.11. The highest BCUT2D eigenvalue weighted by Gasteiger charge is 2.27. The van der Waals surface area contributed by atoms with E-state index >= 15 is 0 Å². The van der Waals surface area contributed by atoms with Gasteiger partial charge in [0.2, 0.25) is 0 Å². The van der Waals surface area contributed by atoms with Gasteiger partial charge in [-0.3, -0.25) is 0 Å². The Balaban J connectivity index is 2.19. The molecule has 0 radical (unpaired) electrons. The van der Waals surface area contributed by atoms with Crippen molar-refractivity contribution < 1.29 is 9.53 Å². The number of anilines is 1. The summed E-state index contributed by atoms with van der Waals surface area (Å²) < 4.78 is 4.69. The lowest BCUT2D eigenvalue weighted by atomic mass is 10.1. The highest BCUT2D eigenvalue weighted by Crippen LogP contribution is 2.21. The smallest absolute Gasteiger partial charge is 0.338 e. The molecule has 1 aliphatic rings. The quantitative estimate of drug-likeness (QED) is 0.762. The Bertz CT molecular complexity index is 412. The predicted molar refractivity (Wildman–Crippen MR) is 64.9 cm³/mol. The van der Waals surface area contributed by atoms with Crippen LogP contribution in [0, 0.1) is 5.92 Å². The van der Waals surface area contributed by atoms with E-state index in [0.29, 0.717) is 11.5 Å². The van der Waals surface area contributed by atoms with Crippen molar-refractivity contribution in [2.24, 2.45) is 11.7 Å². The molecule has 1 saturated heterocycles. The molecule has 0 saturated carbocycles. The Kier molecular flexibility index (Phi) is 3.28. The van der Waals surface area contributed by atoms with Gasteiger partial charge in [-0.15, -0.1) is 0 Å². The maximum atomic E-state index is 11.4. The molecule has 2 rings (SSSR count). The Morgan fingerprint density at radius 2 is 2.35 bits per heavy atom. The molecule has 17 heavy (non-hydrogen) atoms. The SMILES string of the molecule is COC(=O)c1ccnc(N2CC(C)C(N)C2)c1. The highest BCUT2D eigenvalue weighted by molar-refractivity contribution is 5.90. The number of pyridine rings is 1. The molecule has 5 nitrogen and oxygen atoms in total.